The van der Waals surface area contributed by atoms with Crippen molar-refractivity contribution < 1.29 is 4.79 Å². The second kappa shape index (κ2) is 11.4. The first-order valence-corrected chi connectivity index (χ1v) is 14.1. The Labute approximate surface area is 238 Å². The number of nitrogens with one attached hydrogen (secondary N) is 1. The average molecular weight is 548 g/mol. The highest BCUT2D eigenvalue weighted by atomic mass is 16.2. The molecule has 0 radical (unpaired) electrons. The number of likely N-dealkylation sites (tertiary alicyclic amines) is 1. The molecule has 208 valence electrons. The molecule has 0 bridgehead atoms. The monoisotopic (exact) mass is 547 g/mol. The molecule has 2 aromatic carbocycles. The number of para-hydroxylation sites is 1. The zero-order valence-corrected chi connectivity index (χ0v) is 23.0. The van der Waals surface area contributed by atoms with E-state index in [1.54, 1.807) is 12.3 Å². The van der Waals surface area contributed by atoms with Gasteiger partial charge in [-0.1, -0.05) is 37.3 Å². The number of carbonyl (C=O) groups is 1. The molecule has 4 heterocycles. The number of carbonyl (C=O) groups excluding carboxylic acids is 1. The van der Waals surface area contributed by atoms with Gasteiger partial charge in [0.25, 0.3) is 11.5 Å². The summed E-state index contributed by atoms with van der Waals surface area (Å²) in [6.45, 7) is 5.51. The van der Waals surface area contributed by atoms with Gasteiger partial charge in [-0.15, -0.1) is 0 Å². The van der Waals surface area contributed by atoms with Crippen molar-refractivity contribution in [1.29, 1.82) is 0 Å². The molecule has 0 unspecified atom stereocenters. The zero-order valence-electron chi connectivity index (χ0n) is 23.0. The van der Waals surface area contributed by atoms with Crippen LogP contribution in [0.5, 0.6) is 0 Å². The van der Waals surface area contributed by atoms with Gasteiger partial charge < -0.3 is 16.0 Å². The van der Waals surface area contributed by atoms with Gasteiger partial charge in [0.15, 0.2) is 5.82 Å². The van der Waals surface area contributed by atoms with Crippen molar-refractivity contribution in [1.82, 2.24) is 24.1 Å². The number of amides is 1. The van der Waals surface area contributed by atoms with E-state index in [1.807, 2.05) is 59.1 Å². The SMILES string of the molecule is CCCN1CCC(c2cc(-c3ccc(NC(=O)c4cccn(-c5ccccc5)c4=O)cc3)c3c(N)ncnn23)CC1. The van der Waals surface area contributed by atoms with Gasteiger partial charge in [-0.05, 0) is 86.9 Å². The van der Waals surface area contributed by atoms with Crippen molar-refractivity contribution in [2.75, 3.05) is 30.7 Å². The van der Waals surface area contributed by atoms with Crippen LogP contribution in [0.3, 0.4) is 0 Å². The number of nitrogens with two attached hydrogens (primary N) is 1. The van der Waals surface area contributed by atoms with Gasteiger partial charge in [-0.3, -0.25) is 14.2 Å². The van der Waals surface area contributed by atoms with Gasteiger partial charge in [0.1, 0.15) is 17.4 Å². The van der Waals surface area contributed by atoms with E-state index in [0.717, 1.165) is 54.8 Å². The Kier molecular flexibility index (Phi) is 7.35. The number of nitrogen functional groups attached to an aromatic ring is 1. The van der Waals surface area contributed by atoms with E-state index in [9.17, 15) is 9.59 Å². The molecular weight excluding hydrogens is 514 g/mol. The van der Waals surface area contributed by atoms with Crippen molar-refractivity contribution in [3.63, 3.8) is 0 Å². The van der Waals surface area contributed by atoms with Crippen LogP contribution < -0.4 is 16.6 Å². The maximum atomic E-state index is 13.1. The number of hydrogen-bond donors (Lipinski definition) is 2. The van der Waals surface area contributed by atoms with Crippen molar-refractivity contribution in [3.05, 3.63) is 107 Å². The van der Waals surface area contributed by atoms with Gasteiger partial charge in [-0.2, -0.15) is 5.10 Å². The minimum atomic E-state index is -0.461. The third kappa shape index (κ3) is 5.24. The summed E-state index contributed by atoms with van der Waals surface area (Å²) in [6, 6.07) is 22.2. The van der Waals surface area contributed by atoms with Gasteiger partial charge >= 0.3 is 0 Å². The van der Waals surface area contributed by atoms with Crippen molar-refractivity contribution >= 4 is 22.9 Å². The summed E-state index contributed by atoms with van der Waals surface area (Å²) in [5, 5.41) is 7.43. The fourth-order valence-electron chi connectivity index (χ4n) is 5.76. The first-order valence-electron chi connectivity index (χ1n) is 14.1. The van der Waals surface area contributed by atoms with Gasteiger partial charge in [0.2, 0.25) is 0 Å². The topological polar surface area (TPSA) is 111 Å². The van der Waals surface area contributed by atoms with Crippen LogP contribution in [0.4, 0.5) is 11.5 Å². The quantitative estimate of drug-likeness (QED) is 0.298. The van der Waals surface area contributed by atoms with Crippen molar-refractivity contribution in [2.45, 2.75) is 32.1 Å². The summed E-state index contributed by atoms with van der Waals surface area (Å²) in [7, 11) is 0. The third-order valence-corrected chi connectivity index (χ3v) is 7.84. The number of anilines is 2. The van der Waals surface area contributed by atoms with Crippen LogP contribution >= 0.6 is 0 Å². The lowest BCUT2D eigenvalue weighted by Crippen LogP contribution is -2.33. The summed E-state index contributed by atoms with van der Waals surface area (Å²) in [5.74, 6) is 0.362. The lowest BCUT2D eigenvalue weighted by atomic mass is 9.93. The smallest absolute Gasteiger partial charge is 0.267 e. The minimum absolute atomic E-state index is 0.0680. The van der Waals surface area contributed by atoms with Crippen LogP contribution in [-0.4, -0.2) is 49.6 Å². The van der Waals surface area contributed by atoms with E-state index < -0.39 is 5.91 Å². The van der Waals surface area contributed by atoms with E-state index >= 15 is 0 Å². The molecule has 5 aromatic rings. The fourth-order valence-corrected chi connectivity index (χ4v) is 5.76. The molecule has 9 nitrogen and oxygen atoms in total. The van der Waals surface area contributed by atoms with Crippen LogP contribution in [-0.2, 0) is 0 Å². The largest absolute Gasteiger partial charge is 0.382 e. The number of piperidine rings is 1. The van der Waals surface area contributed by atoms with Gasteiger partial charge in [0.05, 0.1) is 0 Å². The Morgan fingerprint density at radius 2 is 1.78 bits per heavy atom. The summed E-state index contributed by atoms with van der Waals surface area (Å²) in [5.41, 5.74) is 11.2. The Morgan fingerprint density at radius 1 is 1.02 bits per heavy atom. The molecule has 1 aliphatic heterocycles. The second-order valence-electron chi connectivity index (χ2n) is 10.5. The molecule has 1 aliphatic rings. The first kappa shape index (κ1) is 26.5. The molecule has 41 heavy (non-hydrogen) atoms. The lowest BCUT2D eigenvalue weighted by molar-refractivity contribution is 0.102. The number of fused-ring (bicyclic) bond motifs is 1. The normalized spacial score (nSPS) is 14.4. The maximum absolute atomic E-state index is 13.1. The van der Waals surface area contributed by atoms with Crippen LogP contribution in [0, 0.1) is 0 Å². The number of rotatable bonds is 7. The Balaban J connectivity index is 1.25. The number of nitrogens with zero attached hydrogens (tertiary/aromatic N) is 5. The molecule has 3 aromatic heterocycles. The van der Waals surface area contributed by atoms with Crippen LogP contribution in [0.1, 0.15) is 48.2 Å². The highest BCUT2D eigenvalue weighted by molar-refractivity contribution is 6.04. The average Bonchev–Trinajstić information content (AvgIpc) is 3.40. The Hall–Kier alpha value is -4.76. The van der Waals surface area contributed by atoms with Gasteiger partial charge in [-0.25, -0.2) is 9.50 Å². The number of pyridine rings is 1. The van der Waals surface area contributed by atoms with Crippen LogP contribution in [0.15, 0.2) is 90.1 Å². The van der Waals surface area contributed by atoms with Gasteiger partial charge in [0, 0.05) is 34.7 Å². The molecular formula is C32H33N7O2. The molecule has 1 amide bonds. The van der Waals surface area contributed by atoms with E-state index in [-0.39, 0.29) is 11.1 Å². The molecule has 0 atom stereocenters. The molecule has 6 rings (SSSR count). The van der Waals surface area contributed by atoms with Crippen LogP contribution in [0.25, 0.3) is 22.3 Å². The second-order valence-corrected chi connectivity index (χ2v) is 10.5. The van der Waals surface area contributed by atoms with E-state index in [4.69, 9.17) is 5.73 Å². The predicted octanol–water partition coefficient (Wildman–Crippen LogP) is 4.97. The number of aromatic nitrogens is 4. The van der Waals surface area contributed by atoms with E-state index in [1.165, 1.54) is 23.4 Å². The van der Waals surface area contributed by atoms with Crippen molar-refractivity contribution in [3.8, 4) is 16.8 Å². The molecule has 0 spiro atoms. The molecule has 3 N–H and O–H groups in total. The molecule has 1 saturated heterocycles. The standard InChI is InChI=1S/C32H33N7O2/c1-2-16-37-18-14-23(15-19-37)28-20-27(29-30(33)34-21-35-39(28)29)22-10-12-24(13-11-22)36-31(40)26-9-6-17-38(32(26)41)25-7-4-3-5-8-25/h3-13,17,20-21,23H,2,14-16,18-19H2,1H3,(H,36,40)(H2,33,34,35). The summed E-state index contributed by atoms with van der Waals surface area (Å²) >= 11 is 0. The Morgan fingerprint density at radius 3 is 2.51 bits per heavy atom. The highest BCUT2D eigenvalue weighted by Gasteiger charge is 2.25. The van der Waals surface area contributed by atoms with E-state index in [0.29, 0.717) is 23.1 Å². The predicted molar refractivity (Wildman–Crippen MR) is 162 cm³/mol. The van der Waals surface area contributed by atoms with Crippen molar-refractivity contribution in [2.24, 2.45) is 0 Å². The summed E-state index contributed by atoms with van der Waals surface area (Å²) in [4.78, 5) is 32.9. The Bertz CT molecular complexity index is 1730. The maximum Gasteiger partial charge on any atom is 0.267 e. The molecule has 0 saturated carbocycles. The lowest BCUT2D eigenvalue weighted by Gasteiger charge is -2.31. The van der Waals surface area contributed by atoms with Crippen LogP contribution in [0.2, 0.25) is 0 Å². The molecule has 9 heteroatoms. The minimum Gasteiger partial charge on any atom is -0.382 e. The first-order chi connectivity index (χ1) is 20.0. The summed E-state index contributed by atoms with van der Waals surface area (Å²) < 4.78 is 3.41. The fraction of sp³-hybridized carbons (Fsp3) is 0.250. The number of benzene rings is 2. The zero-order chi connectivity index (χ0) is 28.3. The molecule has 1 fully saturated rings. The highest BCUT2D eigenvalue weighted by Crippen LogP contribution is 2.37. The third-order valence-electron chi connectivity index (χ3n) is 7.84. The van der Waals surface area contributed by atoms with E-state index in [2.05, 4.69) is 33.3 Å². The number of hydrogen-bond acceptors (Lipinski definition) is 6. The summed E-state index contributed by atoms with van der Waals surface area (Å²) in [6.07, 6.45) is 6.48. The molecule has 0 aliphatic carbocycles.